The number of amides is 2. The summed E-state index contributed by atoms with van der Waals surface area (Å²) in [5.41, 5.74) is 4.69. The van der Waals surface area contributed by atoms with Gasteiger partial charge in [-0.15, -0.1) is 0 Å². The van der Waals surface area contributed by atoms with Gasteiger partial charge in [0.15, 0.2) is 0 Å². The molecule has 2 amide bonds. The summed E-state index contributed by atoms with van der Waals surface area (Å²) in [6.07, 6.45) is 8.06. The zero-order valence-corrected chi connectivity index (χ0v) is 22.3. The number of likely N-dealkylation sites (tertiary alicyclic amines) is 1. The Morgan fingerprint density at radius 3 is 2.57 bits per heavy atom. The van der Waals surface area contributed by atoms with Crippen molar-refractivity contribution in [1.82, 2.24) is 25.2 Å². The van der Waals surface area contributed by atoms with Gasteiger partial charge in [0.05, 0.1) is 22.8 Å². The number of rotatable bonds is 7. The Kier molecular flexibility index (Phi) is 7.58. The molecule has 7 heteroatoms. The van der Waals surface area contributed by atoms with Gasteiger partial charge in [0.25, 0.3) is 0 Å². The van der Waals surface area contributed by atoms with E-state index in [0.29, 0.717) is 6.54 Å². The minimum Gasteiger partial charge on any atom is -0.354 e. The molecule has 3 aromatic rings. The Morgan fingerprint density at radius 2 is 1.84 bits per heavy atom. The number of nitrogens with one attached hydrogen (secondary N) is 2. The van der Waals surface area contributed by atoms with Crippen LogP contribution in [0.2, 0.25) is 0 Å². The highest BCUT2D eigenvalue weighted by Gasteiger charge is 2.39. The van der Waals surface area contributed by atoms with Gasteiger partial charge < -0.3 is 15.2 Å². The number of aromatic amines is 1. The van der Waals surface area contributed by atoms with Crippen LogP contribution >= 0.6 is 0 Å². The van der Waals surface area contributed by atoms with E-state index in [1.54, 1.807) is 0 Å². The van der Waals surface area contributed by atoms with E-state index in [1.807, 2.05) is 43.9 Å². The van der Waals surface area contributed by atoms with Crippen LogP contribution in [-0.2, 0) is 9.59 Å². The average Bonchev–Trinajstić information content (AvgIpc) is 3.58. The summed E-state index contributed by atoms with van der Waals surface area (Å²) in [5.74, 6) is 0.888. The molecule has 37 heavy (non-hydrogen) atoms. The number of hydrogen-bond donors (Lipinski definition) is 2. The van der Waals surface area contributed by atoms with Crippen LogP contribution in [-0.4, -0.2) is 44.3 Å². The molecule has 3 heterocycles. The Bertz CT molecular complexity index is 1250. The monoisotopic (exact) mass is 501 g/mol. The summed E-state index contributed by atoms with van der Waals surface area (Å²) >= 11 is 0. The molecule has 1 aliphatic heterocycles. The largest absolute Gasteiger partial charge is 0.354 e. The summed E-state index contributed by atoms with van der Waals surface area (Å²) in [6, 6.07) is 11.7. The standard InChI is InChI=1S/C30H39N5O2/c1-4-19(2)29(36)34-27(22-14-9-6-10-15-22)30(37)35-17-11-16-25(35)23-18-24-28(33-23)26(32-20(3)31-24)21-12-7-5-8-13-21/h5,7-8,12-13,18-19,22,25,27,33H,4,6,9-11,14-17H2,1-3H3,(H,34,36)/t19-,25+,27+/m1/s1. The van der Waals surface area contributed by atoms with Crippen LogP contribution in [0.15, 0.2) is 36.4 Å². The number of nitrogens with zero attached hydrogens (tertiary/aromatic N) is 3. The molecule has 2 aromatic heterocycles. The average molecular weight is 502 g/mol. The van der Waals surface area contributed by atoms with Crippen molar-refractivity contribution in [2.24, 2.45) is 11.8 Å². The van der Waals surface area contributed by atoms with E-state index in [9.17, 15) is 9.59 Å². The van der Waals surface area contributed by atoms with E-state index in [4.69, 9.17) is 9.97 Å². The maximum absolute atomic E-state index is 14.1. The molecule has 2 fully saturated rings. The summed E-state index contributed by atoms with van der Waals surface area (Å²) in [5, 5.41) is 3.19. The predicted octanol–water partition coefficient (Wildman–Crippen LogP) is 5.71. The van der Waals surface area contributed by atoms with Crippen LogP contribution in [0, 0.1) is 18.8 Å². The van der Waals surface area contributed by atoms with Crippen LogP contribution in [0.4, 0.5) is 0 Å². The van der Waals surface area contributed by atoms with E-state index in [1.165, 1.54) is 6.42 Å². The Labute approximate surface area is 219 Å². The quantitative estimate of drug-likeness (QED) is 0.434. The maximum atomic E-state index is 14.1. The van der Waals surface area contributed by atoms with Gasteiger partial charge in [0.2, 0.25) is 11.8 Å². The molecular weight excluding hydrogens is 462 g/mol. The van der Waals surface area contributed by atoms with Gasteiger partial charge in [-0.2, -0.15) is 0 Å². The first-order chi connectivity index (χ1) is 18.0. The molecule has 1 saturated heterocycles. The third-order valence-electron chi connectivity index (χ3n) is 8.30. The molecule has 1 aromatic carbocycles. The molecule has 0 unspecified atom stereocenters. The normalized spacial score (nSPS) is 20.2. The van der Waals surface area contributed by atoms with Gasteiger partial charge in [0.1, 0.15) is 11.9 Å². The van der Waals surface area contributed by atoms with Crippen molar-refractivity contribution in [3.63, 3.8) is 0 Å². The second-order valence-electron chi connectivity index (χ2n) is 10.9. The van der Waals surface area contributed by atoms with Gasteiger partial charge >= 0.3 is 0 Å². The fourth-order valence-electron chi connectivity index (χ4n) is 6.00. The lowest BCUT2D eigenvalue weighted by Gasteiger charge is -2.35. The van der Waals surface area contributed by atoms with Gasteiger partial charge in [-0.3, -0.25) is 9.59 Å². The second-order valence-corrected chi connectivity index (χ2v) is 10.9. The number of aryl methyl sites for hydroxylation is 1. The minimum absolute atomic E-state index is 0.00830. The lowest BCUT2D eigenvalue weighted by Crippen LogP contribution is -2.53. The molecule has 2 N–H and O–H groups in total. The van der Waals surface area contributed by atoms with Crippen molar-refractivity contribution in [3.8, 4) is 11.3 Å². The van der Waals surface area contributed by atoms with Crippen molar-refractivity contribution >= 4 is 22.8 Å². The molecule has 0 spiro atoms. The molecule has 5 rings (SSSR count). The van der Waals surface area contributed by atoms with Gasteiger partial charge in [-0.1, -0.05) is 63.4 Å². The first-order valence-corrected chi connectivity index (χ1v) is 14.0. The maximum Gasteiger partial charge on any atom is 0.245 e. The lowest BCUT2D eigenvalue weighted by atomic mass is 9.83. The highest BCUT2D eigenvalue weighted by Crippen LogP contribution is 2.37. The van der Waals surface area contributed by atoms with Gasteiger partial charge in [-0.05, 0) is 51.0 Å². The number of H-pyrrole nitrogens is 1. The van der Waals surface area contributed by atoms with Gasteiger partial charge in [0, 0.05) is 23.7 Å². The Hall–Kier alpha value is -3.22. The molecule has 0 bridgehead atoms. The predicted molar refractivity (Wildman–Crippen MR) is 146 cm³/mol. The summed E-state index contributed by atoms with van der Waals surface area (Å²) in [7, 11) is 0. The summed E-state index contributed by atoms with van der Waals surface area (Å²) < 4.78 is 0. The topological polar surface area (TPSA) is 91.0 Å². The molecule has 1 aliphatic carbocycles. The highest BCUT2D eigenvalue weighted by atomic mass is 16.2. The van der Waals surface area contributed by atoms with Crippen LogP contribution in [0.5, 0.6) is 0 Å². The number of hydrogen-bond acceptors (Lipinski definition) is 4. The van der Waals surface area contributed by atoms with Gasteiger partial charge in [-0.25, -0.2) is 9.97 Å². The molecule has 2 aliphatic rings. The SMILES string of the molecule is CC[C@@H](C)C(=O)N[C@H](C(=O)N1CCC[C@H]1c1cc2nc(C)nc(-c3ccccc3)c2[nH]1)C1CCCCC1. The molecule has 1 saturated carbocycles. The zero-order chi connectivity index (χ0) is 25.9. The lowest BCUT2D eigenvalue weighted by molar-refractivity contribution is -0.140. The van der Waals surface area contributed by atoms with Crippen molar-refractivity contribution in [3.05, 3.63) is 47.9 Å². The number of carbonyl (C=O) groups is 2. The van der Waals surface area contributed by atoms with Crippen molar-refractivity contribution in [2.45, 2.75) is 84.2 Å². The van der Waals surface area contributed by atoms with E-state index in [2.05, 4.69) is 28.5 Å². The van der Waals surface area contributed by atoms with E-state index in [0.717, 1.165) is 78.8 Å². The minimum atomic E-state index is -0.450. The number of carbonyl (C=O) groups excluding carboxylic acids is 2. The van der Waals surface area contributed by atoms with Crippen molar-refractivity contribution < 1.29 is 9.59 Å². The smallest absolute Gasteiger partial charge is 0.245 e. The van der Waals surface area contributed by atoms with Crippen molar-refractivity contribution in [2.75, 3.05) is 6.54 Å². The van der Waals surface area contributed by atoms with E-state index < -0.39 is 6.04 Å². The fraction of sp³-hybridized carbons (Fsp3) is 0.533. The number of fused-ring (bicyclic) bond motifs is 1. The highest BCUT2D eigenvalue weighted by molar-refractivity contribution is 5.91. The summed E-state index contributed by atoms with van der Waals surface area (Å²) in [4.78, 5) is 42.1. The molecular formula is C30H39N5O2. The first-order valence-electron chi connectivity index (χ1n) is 14.0. The third kappa shape index (κ3) is 5.27. The number of aromatic nitrogens is 3. The molecule has 0 radical (unpaired) electrons. The van der Waals surface area contributed by atoms with E-state index in [-0.39, 0.29) is 29.7 Å². The van der Waals surface area contributed by atoms with Crippen LogP contribution < -0.4 is 5.32 Å². The van der Waals surface area contributed by atoms with E-state index >= 15 is 0 Å². The Balaban J connectivity index is 1.46. The first kappa shape index (κ1) is 25.4. The molecule has 7 nitrogen and oxygen atoms in total. The van der Waals surface area contributed by atoms with Crippen LogP contribution in [0.1, 0.15) is 82.8 Å². The molecule has 196 valence electrons. The second kappa shape index (κ2) is 11.0. The third-order valence-corrected chi connectivity index (χ3v) is 8.30. The Morgan fingerprint density at radius 1 is 1.08 bits per heavy atom. The molecule has 3 atom stereocenters. The summed E-state index contributed by atoms with van der Waals surface area (Å²) in [6.45, 7) is 6.58. The van der Waals surface area contributed by atoms with Crippen molar-refractivity contribution in [1.29, 1.82) is 0 Å². The fourth-order valence-corrected chi connectivity index (χ4v) is 6.00. The zero-order valence-electron chi connectivity index (χ0n) is 22.3. The van der Waals surface area contributed by atoms with Crippen LogP contribution in [0.3, 0.4) is 0 Å². The number of benzene rings is 1. The van der Waals surface area contributed by atoms with Crippen LogP contribution in [0.25, 0.3) is 22.3 Å².